The maximum absolute atomic E-state index is 6.06. The van der Waals surface area contributed by atoms with Crippen molar-refractivity contribution in [3.63, 3.8) is 0 Å². The summed E-state index contributed by atoms with van der Waals surface area (Å²) in [6, 6.07) is 17.8. The van der Waals surface area contributed by atoms with Gasteiger partial charge in [0.25, 0.3) is 0 Å². The molecule has 0 saturated heterocycles. The second kappa shape index (κ2) is 7.35. The van der Waals surface area contributed by atoms with Gasteiger partial charge < -0.3 is 0 Å². The highest BCUT2D eigenvalue weighted by molar-refractivity contribution is 7.98. The van der Waals surface area contributed by atoms with Crippen LogP contribution >= 0.6 is 23.4 Å². The third-order valence-electron chi connectivity index (χ3n) is 3.88. The van der Waals surface area contributed by atoms with Crippen molar-refractivity contribution in [2.24, 2.45) is 7.05 Å². The van der Waals surface area contributed by atoms with E-state index in [1.807, 2.05) is 74.0 Å². The molecule has 0 amide bonds. The molecule has 26 heavy (non-hydrogen) atoms. The number of rotatable bonds is 5. The highest BCUT2D eigenvalue weighted by Gasteiger charge is 2.16. The summed E-state index contributed by atoms with van der Waals surface area (Å²) >= 11 is 7.69. The predicted octanol–water partition coefficient (Wildman–Crippen LogP) is 4.61. The van der Waals surface area contributed by atoms with Gasteiger partial charge in [0.1, 0.15) is 0 Å². The molecule has 2 aromatic carbocycles. The fraction of sp³-hybridized carbons (Fsp3) is 0.105. The molecule has 4 rings (SSSR count). The largest absolute Gasteiger partial charge is 0.276 e. The van der Waals surface area contributed by atoms with E-state index in [0.717, 1.165) is 33.5 Å². The quantitative estimate of drug-likeness (QED) is 0.473. The maximum Gasteiger partial charge on any atom is 0.196 e. The van der Waals surface area contributed by atoms with Gasteiger partial charge in [-0.2, -0.15) is 5.10 Å². The summed E-state index contributed by atoms with van der Waals surface area (Å²) in [4.78, 5) is 0. The fourth-order valence-corrected chi connectivity index (χ4v) is 3.65. The van der Waals surface area contributed by atoms with Crippen molar-refractivity contribution in [3.8, 4) is 17.1 Å². The number of hydrogen-bond acceptors (Lipinski definition) is 4. The first-order chi connectivity index (χ1) is 12.7. The van der Waals surface area contributed by atoms with Crippen LogP contribution in [0.25, 0.3) is 17.1 Å². The Morgan fingerprint density at radius 3 is 2.46 bits per heavy atom. The molecule has 4 aromatic rings. The Morgan fingerprint density at radius 1 is 1.00 bits per heavy atom. The average molecular weight is 382 g/mol. The molecule has 2 heterocycles. The summed E-state index contributed by atoms with van der Waals surface area (Å²) < 4.78 is 3.86. The summed E-state index contributed by atoms with van der Waals surface area (Å²) in [6.07, 6.45) is 3.88. The lowest BCUT2D eigenvalue weighted by molar-refractivity contribution is 0.767. The van der Waals surface area contributed by atoms with Crippen molar-refractivity contribution >= 4 is 23.4 Å². The van der Waals surface area contributed by atoms with Crippen LogP contribution in [-0.4, -0.2) is 24.5 Å². The number of aromatic nitrogens is 5. The van der Waals surface area contributed by atoms with E-state index < -0.39 is 0 Å². The zero-order valence-corrected chi connectivity index (χ0v) is 15.7. The molecule has 0 aliphatic heterocycles. The van der Waals surface area contributed by atoms with Gasteiger partial charge in [0, 0.05) is 40.8 Å². The standard InChI is InChI=1S/C19H16ClN5S/c1-24-12-14(11-21-24)13-26-19-23-22-18(15-5-3-2-4-6-15)25(19)17-9-7-16(20)8-10-17/h2-12H,13H2,1H3. The molecule has 0 bridgehead atoms. The third-order valence-corrected chi connectivity index (χ3v) is 5.13. The highest BCUT2D eigenvalue weighted by atomic mass is 35.5. The molecular weight excluding hydrogens is 366 g/mol. The van der Waals surface area contributed by atoms with Gasteiger partial charge in [-0.05, 0) is 24.3 Å². The van der Waals surface area contributed by atoms with Crippen LogP contribution in [-0.2, 0) is 12.8 Å². The number of benzene rings is 2. The first kappa shape index (κ1) is 16.9. The summed E-state index contributed by atoms with van der Waals surface area (Å²) in [5, 5.41) is 14.6. The van der Waals surface area contributed by atoms with Crippen LogP contribution in [0.5, 0.6) is 0 Å². The first-order valence-corrected chi connectivity index (χ1v) is 9.44. The number of aryl methyl sites for hydroxylation is 1. The molecule has 0 atom stereocenters. The molecule has 0 unspecified atom stereocenters. The van der Waals surface area contributed by atoms with E-state index in [1.54, 1.807) is 16.4 Å². The van der Waals surface area contributed by atoms with Gasteiger partial charge in [0.05, 0.1) is 6.20 Å². The molecule has 0 fully saturated rings. The molecule has 0 aliphatic rings. The highest BCUT2D eigenvalue weighted by Crippen LogP contribution is 2.30. The van der Waals surface area contributed by atoms with Gasteiger partial charge in [0.2, 0.25) is 0 Å². The molecule has 0 spiro atoms. The van der Waals surface area contributed by atoms with Crippen molar-refractivity contribution in [2.45, 2.75) is 10.9 Å². The average Bonchev–Trinajstić information content (AvgIpc) is 3.27. The molecule has 0 aliphatic carbocycles. The summed E-state index contributed by atoms with van der Waals surface area (Å²) in [6.45, 7) is 0. The van der Waals surface area contributed by atoms with E-state index in [9.17, 15) is 0 Å². The SMILES string of the molecule is Cn1cc(CSc2nnc(-c3ccccc3)n2-c2ccc(Cl)cc2)cn1. The van der Waals surface area contributed by atoms with Crippen LogP contribution in [0, 0.1) is 0 Å². The van der Waals surface area contributed by atoms with Crippen LogP contribution < -0.4 is 0 Å². The van der Waals surface area contributed by atoms with E-state index in [-0.39, 0.29) is 0 Å². The van der Waals surface area contributed by atoms with Crippen molar-refractivity contribution < 1.29 is 0 Å². The number of thioether (sulfide) groups is 1. The van der Waals surface area contributed by atoms with Gasteiger partial charge in [-0.25, -0.2) is 0 Å². The smallest absolute Gasteiger partial charge is 0.196 e. The fourth-order valence-electron chi connectivity index (χ4n) is 2.65. The second-order valence-electron chi connectivity index (χ2n) is 5.79. The Bertz CT molecular complexity index is 1010. The molecule has 0 saturated carbocycles. The van der Waals surface area contributed by atoms with Crippen molar-refractivity contribution in [2.75, 3.05) is 0 Å². The number of hydrogen-bond donors (Lipinski definition) is 0. The van der Waals surface area contributed by atoms with Crippen molar-refractivity contribution in [1.29, 1.82) is 0 Å². The Kier molecular flexibility index (Phi) is 4.77. The third kappa shape index (κ3) is 3.52. The van der Waals surface area contributed by atoms with E-state index in [2.05, 4.69) is 19.9 Å². The van der Waals surface area contributed by atoms with E-state index in [4.69, 9.17) is 11.6 Å². The lowest BCUT2D eigenvalue weighted by Crippen LogP contribution is -1.99. The zero-order chi connectivity index (χ0) is 17.9. The van der Waals surface area contributed by atoms with Crippen LogP contribution in [0.1, 0.15) is 5.56 Å². The van der Waals surface area contributed by atoms with Gasteiger partial charge in [-0.3, -0.25) is 9.25 Å². The Labute approximate surface area is 160 Å². The lowest BCUT2D eigenvalue weighted by Gasteiger charge is -2.10. The van der Waals surface area contributed by atoms with Gasteiger partial charge >= 0.3 is 0 Å². The molecule has 5 nitrogen and oxygen atoms in total. The summed E-state index contributed by atoms with van der Waals surface area (Å²) in [5.74, 6) is 1.58. The van der Waals surface area contributed by atoms with E-state index in [1.165, 1.54) is 0 Å². The minimum Gasteiger partial charge on any atom is -0.276 e. The van der Waals surface area contributed by atoms with Crippen LogP contribution in [0.4, 0.5) is 0 Å². The molecular formula is C19H16ClN5S. The number of nitrogens with zero attached hydrogens (tertiary/aromatic N) is 5. The molecule has 7 heteroatoms. The van der Waals surface area contributed by atoms with Crippen molar-refractivity contribution in [3.05, 3.63) is 77.6 Å². The van der Waals surface area contributed by atoms with Crippen LogP contribution in [0.3, 0.4) is 0 Å². The molecule has 2 aromatic heterocycles. The topological polar surface area (TPSA) is 48.5 Å². The maximum atomic E-state index is 6.06. The van der Waals surface area contributed by atoms with Gasteiger partial charge in [-0.15, -0.1) is 10.2 Å². The summed E-state index contributed by atoms with van der Waals surface area (Å²) in [7, 11) is 1.91. The normalized spacial score (nSPS) is 11.0. The van der Waals surface area contributed by atoms with Gasteiger partial charge in [-0.1, -0.05) is 53.7 Å². The first-order valence-electron chi connectivity index (χ1n) is 8.08. The van der Waals surface area contributed by atoms with Crippen molar-refractivity contribution in [1.82, 2.24) is 24.5 Å². The minimum absolute atomic E-state index is 0.702. The van der Waals surface area contributed by atoms with Crippen LogP contribution in [0.15, 0.2) is 72.1 Å². The Balaban J connectivity index is 1.73. The zero-order valence-electron chi connectivity index (χ0n) is 14.1. The second-order valence-corrected chi connectivity index (χ2v) is 7.17. The predicted molar refractivity (Wildman–Crippen MR) is 105 cm³/mol. The lowest BCUT2D eigenvalue weighted by atomic mass is 10.2. The van der Waals surface area contributed by atoms with Crippen LogP contribution in [0.2, 0.25) is 5.02 Å². The summed E-state index contributed by atoms with van der Waals surface area (Å²) in [5.41, 5.74) is 3.14. The Hall–Kier alpha value is -2.57. The number of halogens is 1. The Morgan fingerprint density at radius 2 is 1.77 bits per heavy atom. The van der Waals surface area contributed by atoms with Gasteiger partial charge in [0.15, 0.2) is 11.0 Å². The molecule has 130 valence electrons. The minimum atomic E-state index is 0.702. The monoisotopic (exact) mass is 381 g/mol. The van der Waals surface area contributed by atoms with E-state index >= 15 is 0 Å². The molecule has 0 N–H and O–H groups in total. The van der Waals surface area contributed by atoms with E-state index in [0.29, 0.717) is 5.02 Å². The molecule has 0 radical (unpaired) electrons.